The quantitative estimate of drug-likeness (QED) is 0.647. The second kappa shape index (κ2) is 7.63. The Morgan fingerprint density at radius 2 is 2.31 bits per heavy atom. The zero-order chi connectivity index (χ0) is 11.8. The van der Waals surface area contributed by atoms with Crippen LogP contribution in [-0.2, 0) is 4.79 Å². The minimum Gasteiger partial charge on any atom is -0.356 e. The zero-order valence-corrected chi connectivity index (χ0v) is 10.6. The molecule has 1 unspecified atom stereocenters. The smallest absolute Gasteiger partial charge is 0.221 e. The van der Waals surface area contributed by atoms with Gasteiger partial charge in [-0.2, -0.15) is 0 Å². The maximum Gasteiger partial charge on any atom is 0.221 e. The standard InChI is InChI=1S/C12H25N3O/c1-3-14-12(16)6-7-13-9-11-5-4-8-15(2)10-11/h11,13H,3-10H2,1-2H3,(H,14,16). The monoisotopic (exact) mass is 227 g/mol. The van der Waals surface area contributed by atoms with Crippen LogP contribution < -0.4 is 10.6 Å². The molecule has 1 atom stereocenters. The molecule has 16 heavy (non-hydrogen) atoms. The molecule has 0 spiro atoms. The molecule has 1 aliphatic rings. The van der Waals surface area contributed by atoms with Crippen LogP contribution in [0.3, 0.4) is 0 Å². The maximum absolute atomic E-state index is 11.2. The molecule has 1 heterocycles. The second-order valence-electron chi connectivity index (χ2n) is 4.68. The van der Waals surface area contributed by atoms with Crippen LogP contribution in [0.5, 0.6) is 0 Å². The summed E-state index contributed by atoms with van der Waals surface area (Å²) in [7, 11) is 2.18. The lowest BCUT2D eigenvalue weighted by Crippen LogP contribution is -2.38. The van der Waals surface area contributed by atoms with Gasteiger partial charge in [0.1, 0.15) is 0 Å². The van der Waals surface area contributed by atoms with E-state index in [4.69, 9.17) is 0 Å². The van der Waals surface area contributed by atoms with E-state index >= 15 is 0 Å². The van der Waals surface area contributed by atoms with Gasteiger partial charge in [0.2, 0.25) is 5.91 Å². The highest BCUT2D eigenvalue weighted by Gasteiger charge is 2.16. The number of carbonyl (C=O) groups is 1. The van der Waals surface area contributed by atoms with Crippen molar-refractivity contribution in [1.29, 1.82) is 0 Å². The molecule has 0 bridgehead atoms. The van der Waals surface area contributed by atoms with Gasteiger partial charge in [0.05, 0.1) is 0 Å². The zero-order valence-electron chi connectivity index (χ0n) is 10.6. The van der Waals surface area contributed by atoms with Crippen molar-refractivity contribution < 1.29 is 4.79 Å². The van der Waals surface area contributed by atoms with Crippen LogP contribution in [0.1, 0.15) is 26.2 Å². The number of amides is 1. The molecule has 1 amide bonds. The molecule has 94 valence electrons. The molecule has 2 N–H and O–H groups in total. The summed E-state index contributed by atoms with van der Waals surface area (Å²) in [5.74, 6) is 0.906. The highest BCUT2D eigenvalue weighted by Crippen LogP contribution is 2.13. The van der Waals surface area contributed by atoms with E-state index in [0.29, 0.717) is 6.42 Å². The lowest BCUT2D eigenvalue weighted by Gasteiger charge is -2.29. The van der Waals surface area contributed by atoms with Crippen LogP contribution in [-0.4, -0.2) is 50.6 Å². The van der Waals surface area contributed by atoms with E-state index in [1.54, 1.807) is 0 Å². The van der Waals surface area contributed by atoms with Crippen LogP contribution in [0.4, 0.5) is 0 Å². The largest absolute Gasteiger partial charge is 0.356 e. The van der Waals surface area contributed by atoms with Crippen LogP contribution in [0.25, 0.3) is 0 Å². The van der Waals surface area contributed by atoms with E-state index in [1.165, 1.54) is 25.9 Å². The average Bonchev–Trinajstić information content (AvgIpc) is 2.25. The number of carbonyl (C=O) groups excluding carboxylic acids is 1. The summed E-state index contributed by atoms with van der Waals surface area (Å²) in [6.07, 6.45) is 3.22. The summed E-state index contributed by atoms with van der Waals surface area (Å²) in [6.45, 7) is 6.94. The first kappa shape index (κ1) is 13.5. The van der Waals surface area contributed by atoms with Crippen LogP contribution in [0.15, 0.2) is 0 Å². The van der Waals surface area contributed by atoms with Crippen molar-refractivity contribution in [3.05, 3.63) is 0 Å². The topological polar surface area (TPSA) is 44.4 Å². The number of piperidine rings is 1. The lowest BCUT2D eigenvalue weighted by molar-refractivity contribution is -0.120. The third-order valence-electron chi connectivity index (χ3n) is 3.06. The van der Waals surface area contributed by atoms with Gasteiger partial charge in [0, 0.05) is 26.1 Å². The summed E-state index contributed by atoms with van der Waals surface area (Å²) < 4.78 is 0. The molecule has 0 aromatic rings. The fourth-order valence-electron chi connectivity index (χ4n) is 2.23. The van der Waals surface area contributed by atoms with Crippen molar-refractivity contribution in [3.8, 4) is 0 Å². The number of hydrogen-bond acceptors (Lipinski definition) is 3. The average molecular weight is 227 g/mol. The van der Waals surface area contributed by atoms with Crippen molar-refractivity contribution in [3.63, 3.8) is 0 Å². The van der Waals surface area contributed by atoms with E-state index in [2.05, 4.69) is 22.6 Å². The predicted molar refractivity (Wildman–Crippen MR) is 66.4 cm³/mol. The fraction of sp³-hybridized carbons (Fsp3) is 0.917. The van der Waals surface area contributed by atoms with E-state index in [1.807, 2.05) is 6.92 Å². The molecule has 1 aliphatic heterocycles. The Morgan fingerprint density at radius 3 is 3.00 bits per heavy atom. The number of nitrogens with one attached hydrogen (secondary N) is 2. The third-order valence-corrected chi connectivity index (χ3v) is 3.06. The van der Waals surface area contributed by atoms with Crippen LogP contribution >= 0.6 is 0 Å². The SMILES string of the molecule is CCNC(=O)CCNCC1CCCN(C)C1. The summed E-state index contributed by atoms with van der Waals surface area (Å²) >= 11 is 0. The Balaban J connectivity index is 2.00. The summed E-state index contributed by atoms with van der Waals surface area (Å²) in [6, 6.07) is 0. The molecule has 0 aromatic heterocycles. The van der Waals surface area contributed by atoms with Gasteiger partial charge in [0.25, 0.3) is 0 Å². The minimum absolute atomic E-state index is 0.149. The molecule has 0 radical (unpaired) electrons. The minimum atomic E-state index is 0.149. The second-order valence-corrected chi connectivity index (χ2v) is 4.68. The maximum atomic E-state index is 11.2. The van der Waals surface area contributed by atoms with Crippen LogP contribution in [0.2, 0.25) is 0 Å². The van der Waals surface area contributed by atoms with Crippen molar-refractivity contribution in [2.24, 2.45) is 5.92 Å². The van der Waals surface area contributed by atoms with Gasteiger partial charge in [-0.3, -0.25) is 4.79 Å². The van der Waals surface area contributed by atoms with Gasteiger partial charge >= 0.3 is 0 Å². The number of likely N-dealkylation sites (tertiary alicyclic amines) is 1. The molecule has 4 nitrogen and oxygen atoms in total. The van der Waals surface area contributed by atoms with Gasteiger partial charge in [-0.1, -0.05) is 0 Å². The Labute approximate surface area is 98.8 Å². The molecule has 4 heteroatoms. The number of nitrogens with zero attached hydrogens (tertiary/aromatic N) is 1. The molecule has 1 saturated heterocycles. The first-order valence-electron chi connectivity index (χ1n) is 6.38. The number of hydrogen-bond donors (Lipinski definition) is 2. The van der Waals surface area contributed by atoms with Gasteiger partial charge in [-0.05, 0) is 45.8 Å². The predicted octanol–water partition coefficient (Wildman–Crippen LogP) is 0.444. The lowest BCUT2D eigenvalue weighted by atomic mass is 9.98. The molecular weight excluding hydrogens is 202 g/mol. The normalized spacial score (nSPS) is 22.0. The first-order chi connectivity index (χ1) is 7.72. The molecule has 1 fully saturated rings. The van der Waals surface area contributed by atoms with Crippen molar-refractivity contribution in [1.82, 2.24) is 15.5 Å². The van der Waals surface area contributed by atoms with Gasteiger partial charge in [0.15, 0.2) is 0 Å². The highest BCUT2D eigenvalue weighted by atomic mass is 16.1. The molecule has 0 saturated carbocycles. The third kappa shape index (κ3) is 5.47. The molecule has 0 aromatic carbocycles. The Morgan fingerprint density at radius 1 is 1.50 bits per heavy atom. The van der Waals surface area contributed by atoms with Crippen molar-refractivity contribution >= 4 is 5.91 Å². The van der Waals surface area contributed by atoms with E-state index in [-0.39, 0.29) is 5.91 Å². The van der Waals surface area contributed by atoms with E-state index in [0.717, 1.165) is 25.6 Å². The summed E-state index contributed by atoms with van der Waals surface area (Å²) in [5, 5.41) is 6.18. The molecular formula is C12H25N3O. The van der Waals surface area contributed by atoms with E-state index < -0.39 is 0 Å². The molecule has 1 rings (SSSR count). The van der Waals surface area contributed by atoms with Crippen molar-refractivity contribution in [2.75, 3.05) is 39.8 Å². The van der Waals surface area contributed by atoms with Gasteiger partial charge in [-0.25, -0.2) is 0 Å². The Kier molecular flexibility index (Phi) is 6.42. The Hall–Kier alpha value is -0.610. The highest BCUT2D eigenvalue weighted by molar-refractivity contribution is 5.75. The molecule has 0 aliphatic carbocycles. The Bertz CT molecular complexity index is 208. The fourth-order valence-corrected chi connectivity index (χ4v) is 2.23. The summed E-state index contributed by atoms with van der Waals surface area (Å²) in [4.78, 5) is 13.6. The summed E-state index contributed by atoms with van der Waals surface area (Å²) in [5.41, 5.74) is 0. The van der Waals surface area contributed by atoms with Crippen molar-refractivity contribution in [2.45, 2.75) is 26.2 Å². The van der Waals surface area contributed by atoms with Crippen LogP contribution in [0, 0.1) is 5.92 Å². The van der Waals surface area contributed by atoms with Gasteiger partial charge < -0.3 is 15.5 Å². The number of rotatable bonds is 6. The van der Waals surface area contributed by atoms with Gasteiger partial charge in [-0.15, -0.1) is 0 Å². The first-order valence-corrected chi connectivity index (χ1v) is 6.38. The van der Waals surface area contributed by atoms with E-state index in [9.17, 15) is 4.79 Å².